The number of halogens is 2. The molecule has 1 fully saturated rings. The summed E-state index contributed by atoms with van der Waals surface area (Å²) in [5.41, 5.74) is -1.41. The second-order valence-electron chi connectivity index (χ2n) is 7.95. The number of thioether (sulfide) groups is 1. The van der Waals surface area contributed by atoms with Crippen LogP contribution in [0.5, 0.6) is 5.75 Å². The molecule has 2 aliphatic heterocycles. The highest BCUT2D eigenvalue weighted by atomic mass is 32.2. The van der Waals surface area contributed by atoms with Gasteiger partial charge in [-0.1, -0.05) is 19.9 Å². The highest BCUT2D eigenvalue weighted by molar-refractivity contribution is 8.00. The Morgan fingerprint density at radius 2 is 2.06 bits per heavy atom. The van der Waals surface area contributed by atoms with Crippen LogP contribution in [0, 0.1) is 17.6 Å². The van der Waals surface area contributed by atoms with Gasteiger partial charge in [-0.05, 0) is 12.0 Å². The number of aromatic nitrogens is 1. The third-order valence-corrected chi connectivity index (χ3v) is 6.94. The van der Waals surface area contributed by atoms with E-state index in [0.29, 0.717) is 12.6 Å². The van der Waals surface area contributed by atoms with Gasteiger partial charge in [0.1, 0.15) is 17.2 Å². The van der Waals surface area contributed by atoms with Gasteiger partial charge in [0.2, 0.25) is 5.43 Å². The quantitative estimate of drug-likeness (QED) is 0.748. The minimum absolute atomic E-state index is 0.000618. The summed E-state index contributed by atoms with van der Waals surface area (Å²) in [7, 11) is 0. The molecule has 1 unspecified atom stereocenters. The van der Waals surface area contributed by atoms with Gasteiger partial charge in [0.05, 0.1) is 11.9 Å². The molecule has 7 nitrogen and oxygen atoms in total. The van der Waals surface area contributed by atoms with Crippen LogP contribution in [0.3, 0.4) is 0 Å². The molecule has 2 amide bonds. The number of carbonyl (C=O) groups is 2. The molecule has 2 aromatic rings. The van der Waals surface area contributed by atoms with Gasteiger partial charge in [0.15, 0.2) is 11.4 Å². The molecule has 0 aliphatic carbocycles. The molecule has 0 saturated carbocycles. The van der Waals surface area contributed by atoms with E-state index in [2.05, 4.69) is 5.32 Å². The molecule has 2 aliphatic rings. The van der Waals surface area contributed by atoms with E-state index in [4.69, 9.17) is 0 Å². The molecular formula is C21H21F2N3O4S. The molecular weight excluding hydrogens is 428 g/mol. The number of rotatable bonds is 4. The number of hydrogen-bond donors (Lipinski definition) is 2. The maximum atomic E-state index is 13.8. The molecule has 3 heterocycles. The Morgan fingerprint density at radius 1 is 1.32 bits per heavy atom. The standard InChI is InChI=1S/C21H21F2N3O4S/c1-10(2)15-9-31-16-8-25-7-13(18(27)19(28)17(25)21(30)26(15)16)20(29)24-6-11-3-4-12(22)5-14(11)23/h3-5,7,10,15-16,28H,6,8-9H2,1-2H3,(H,24,29)/t15-,16?/m1/s1. The molecule has 0 bridgehead atoms. The summed E-state index contributed by atoms with van der Waals surface area (Å²) in [4.78, 5) is 40.0. The molecule has 1 saturated heterocycles. The van der Waals surface area contributed by atoms with Crippen molar-refractivity contribution in [1.29, 1.82) is 0 Å². The number of fused-ring (bicyclic) bond motifs is 2. The van der Waals surface area contributed by atoms with Crippen molar-refractivity contribution in [3.8, 4) is 5.75 Å². The second kappa shape index (κ2) is 7.99. The Labute approximate surface area is 181 Å². The zero-order chi connectivity index (χ0) is 22.4. The second-order valence-corrected chi connectivity index (χ2v) is 9.16. The van der Waals surface area contributed by atoms with Crippen molar-refractivity contribution in [3.05, 3.63) is 63.1 Å². The smallest absolute Gasteiger partial charge is 0.275 e. The number of amides is 2. The van der Waals surface area contributed by atoms with Gasteiger partial charge in [0.25, 0.3) is 11.8 Å². The highest BCUT2D eigenvalue weighted by Gasteiger charge is 2.45. The van der Waals surface area contributed by atoms with E-state index in [1.807, 2.05) is 13.8 Å². The SMILES string of the molecule is CC(C)[C@H]1CSC2Cn3cc(C(=O)NCc4ccc(F)cc4F)c(=O)c(O)c3C(=O)N21. The van der Waals surface area contributed by atoms with Gasteiger partial charge in [-0.2, -0.15) is 0 Å². The topological polar surface area (TPSA) is 91.6 Å². The van der Waals surface area contributed by atoms with Gasteiger partial charge in [-0.15, -0.1) is 11.8 Å². The first-order chi connectivity index (χ1) is 14.7. The van der Waals surface area contributed by atoms with Crippen LogP contribution in [0.1, 0.15) is 40.3 Å². The lowest BCUT2D eigenvalue weighted by atomic mass is 10.0. The summed E-state index contributed by atoms with van der Waals surface area (Å²) in [5, 5.41) is 12.7. The molecule has 10 heteroatoms. The van der Waals surface area contributed by atoms with E-state index in [1.165, 1.54) is 16.8 Å². The third-order valence-electron chi connectivity index (χ3n) is 5.64. The van der Waals surface area contributed by atoms with E-state index >= 15 is 0 Å². The number of pyridine rings is 1. The molecule has 2 atom stereocenters. The summed E-state index contributed by atoms with van der Waals surface area (Å²) in [5.74, 6) is -2.63. The van der Waals surface area contributed by atoms with Crippen molar-refractivity contribution >= 4 is 23.6 Å². The fraction of sp³-hybridized carbons (Fsp3) is 0.381. The Balaban J connectivity index is 1.62. The predicted octanol–water partition coefficient (Wildman–Crippen LogP) is 2.32. The first-order valence-corrected chi connectivity index (χ1v) is 10.9. The van der Waals surface area contributed by atoms with Crippen LogP contribution in [0.15, 0.2) is 29.2 Å². The van der Waals surface area contributed by atoms with E-state index < -0.39 is 34.6 Å². The fourth-order valence-corrected chi connectivity index (χ4v) is 5.57. The van der Waals surface area contributed by atoms with Crippen molar-refractivity contribution in [2.75, 3.05) is 5.75 Å². The molecule has 1 aromatic carbocycles. The fourth-order valence-electron chi connectivity index (χ4n) is 3.93. The molecule has 1 aromatic heterocycles. The van der Waals surface area contributed by atoms with Crippen molar-refractivity contribution in [1.82, 2.24) is 14.8 Å². The number of benzene rings is 1. The van der Waals surface area contributed by atoms with Crippen molar-refractivity contribution < 1.29 is 23.5 Å². The molecule has 0 radical (unpaired) electrons. The van der Waals surface area contributed by atoms with Crippen LogP contribution in [0.2, 0.25) is 0 Å². The van der Waals surface area contributed by atoms with Crippen LogP contribution < -0.4 is 10.7 Å². The first kappa shape index (κ1) is 21.4. The van der Waals surface area contributed by atoms with Crippen LogP contribution in [-0.4, -0.2) is 43.6 Å². The largest absolute Gasteiger partial charge is 0.503 e. The lowest BCUT2D eigenvalue weighted by Gasteiger charge is -2.37. The summed E-state index contributed by atoms with van der Waals surface area (Å²) in [6.07, 6.45) is 1.26. The van der Waals surface area contributed by atoms with E-state index in [9.17, 15) is 28.3 Å². The minimum atomic E-state index is -0.969. The maximum absolute atomic E-state index is 13.8. The van der Waals surface area contributed by atoms with E-state index in [0.717, 1.165) is 11.8 Å². The normalized spacial score (nSPS) is 20.0. The Morgan fingerprint density at radius 3 is 2.74 bits per heavy atom. The van der Waals surface area contributed by atoms with Gasteiger partial charge in [-0.25, -0.2) is 8.78 Å². The highest BCUT2D eigenvalue weighted by Crippen LogP contribution is 2.38. The van der Waals surface area contributed by atoms with Crippen LogP contribution in [0.4, 0.5) is 8.78 Å². The number of aromatic hydroxyl groups is 1. The first-order valence-electron chi connectivity index (χ1n) is 9.81. The average molecular weight is 449 g/mol. The van der Waals surface area contributed by atoms with Crippen LogP contribution in [0.25, 0.3) is 0 Å². The minimum Gasteiger partial charge on any atom is -0.503 e. The average Bonchev–Trinajstić information content (AvgIpc) is 3.14. The summed E-state index contributed by atoms with van der Waals surface area (Å²) < 4.78 is 28.2. The van der Waals surface area contributed by atoms with Gasteiger partial charge in [0, 0.05) is 36.2 Å². The Bertz CT molecular complexity index is 1130. The zero-order valence-corrected chi connectivity index (χ0v) is 17.7. The number of hydrogen-bond acceptors (Lipinski definition) is 5. The lowest BCUT2D eigenvalue weighted by molar-refractivity contribution is 0.0574. The summed E-state index contributed by atoms with van der Waals surface area (Å²) in [6, 6.07) is 2.95. The third kappa shape index (κ3) is 3.69. The molecule has 164 valence electrons. The van der Waals surface area contributed by atoms with Gasteiger partial charge >= 0.3 is 0 Å². The van der Waals surface area contributed by atoms with Gasteiger partial charge in [-0.3, -0.25) is 14.4 Å². The Kier molecular flexibility index (Phi) is 5.50. The number of nitrogens with zero attached hydrogens (tertiary/aromatic N) is 2. The lowest BCUT2D eigenvalue weighted by Crippen LogP contribution is -2.50. The van der Waals surface area contributed by atoms with E-state index in [1.54, 1.807) is 16.7 Å². The van der Waals surface area contributed by atoms with Crippen molar-refractivity contribution in [3.63, 3.8) is 0 Å². The molecule has 2 N–H and O–H groups in total. The molecule has 31 heavy (non-hydrogen) atoms. The Hall–Kier alpha value is -2.88. The maximum Gasteiger partial charge on any atom is 0.275 e. The molecule has 4 rings (SSSR count). The molecule has 0 spiro atoms. The van der Waals surface area contributed by atoms with Crippen LogP contribution in [-0.2, 0) is 13.1 Å². The zero-order valence-electron chi connectivity index (χ0n) is 16.9. The van der Waals surface area contributed by atoms with Crippen molar-refractivity contribution in [2.24, 2.45) is 5.92 Å². The van der Waals surface area contributed by atoms with Crippen molar-refractivity contribution in [2.45, 2.75) is 38.4 Å². The number of nitrogens with one attached hydrogen (secondary N) is 1. The number of carbonyl (C=O) groups excluding carboxylic acids is 2. The van der Waals surface area contributed by atoms with Gasteiger partial charge < -0.3 is 19.9 Å². The summed E-state index contributed by atoms with van der Waals surface area (Å²) >= 11 is 1.62. The van der Waals surface area contributed by atoms with Crippen LogP contribution >= 0.6 is 11.8 Å². The van der Waals surface area contributed by atoms with E-state index in [-0.39, 0.29) is 40.7 Å². The predicted molar refractivity (Wildman–Crippen MR) is 111 cm³/mol. The summed E-state index contributed by atoms with van der Waals surface area (Å²) in [6.45, 7) is 4.09. The monoisotopic (exact) mass is 449 g/mol.